The summed E-state index contributed by atoms with van der Waals surface area (Å²) in [5, 5.41) is 15.0. The molecule has 2 N–H and O–H groups in total. The van der Waals surface area contributed by atoms with Gasteiger partial charge in [-0.2, -0.15) is 0 Å². The van der Waals surface area contributed by atoms with Crippen LogP contribution in [0.2, 0.25) is 0 Å². The number of hydrogen-bond donors (Lipinski definition) is 2. The van der Waals surface area contributed by atoms with Gasteiger partial charge in [0, 0.05) is 5.56 Å². The molecule has 22 heavy (non-hydrogen) atoms. The van der Waals surface area contributed by atoms with E-state index in [0.717, 1.165) is 11.4 Å². The zero-order valence-electron chi connectivity index (χ0n) is 11.8. The van der Waals surface area contributed by atoms with Crippen molar-refractivity contribution in [3.05, 3.63) is 33.2 Å². The maximum Gasteiger partial charge on any atom is 0.257 e. The van der Waals surface area contributed by atoms with Gasteiger partial charge in [-0.15, -0.1) is 10.2 Å². The van der Waals surface area contributed by atoms with Crippen molar-refractivity contribution in [3.8, 4) is 5.75 Å². The molecule has 0 atom stereocenters. The van der Waals surface area contributed by atoms with E-state index < -0.39 is 0 Å². The van der Waals surface area contributed by atoms with Crippen LogP contribution < -0.4 is 15.4 Å². The Bertz CT molecular complexity index is 705. The summed E-state index contributed by atoms with van der Waals surface area (Å²) >= 11 is 9.83. The van der Waals surface area contributed by atoms with Crippen molar-refractivity contribution in [1.29, 1.82) is 0 Å². The maximum atomic E-state index is 12.1. The van der Waals surface area contributed by atoms with E-state index in [1.165, 1.54) is 11.3 Å². The molecule has 0 radical (unpaired) electrons. The number of amides is 1. The number of ether oxygens (including phenoxy) is 1. The Morgan fingerprint density at radius 2 is 2.23 bits per heavy atom. The van der Waals surface area contributed by atoms with E-state index in [0.29, 0.717) is 20.9 Å². The number of carbonyl (C=O) groups is 1. The number of carbonyl (C=O) groups excluding carboxylic acids is 1. The lowest BCUT2D eigenvalue weighted by Crippen LogP contribution is -2.34. The number of hydrogen-bond acceptors (Lipinski definition) is 6. The lowest BCUT2D eigenvalue weighted by Gasteiger charge is -2.08. The normalized spacial score (nSPS) is 10.1. The number of methoxy groups -OCH3 is 1. The molecule has 9 heteroatoms. The highest BCUT2D eigenvalue weighted by Crippen LogP contribution is 2.25. The number of nitrogens with one attached hydrogen (secondary N) is 2. The van der Waals surface area contributed by atoms with Crippen LogP contribution in [0, 0.1) is 0 Å². The second kappa shape index (κ2) is 7.61. The molecular formula is C13H13BrN4O2S2. The van der Waals surface area contributed by atoms with E-state index >= 15 is 0 Å². The highest BCUT2D eigenvalue weighted by atomic mass is 79.9. The fourth-order valence-corrected chi connectivity index (χ4v) is 3.04. The van der Waals surface area contributed by atoms with Gasteiger partial charge in [0.15, 0.2) is 5.11 Å². The zero-order valence-corrected chi connectivity index (χ0v) is 15.1. The molecule has 0 aliphatic rings. The minimum atomic E-state index is -0.318. The summed E-state index contributed by atoms with van der Waals surface area (Å²) in [6, 6.07) is 5.02. The van der Waals surface area contributed by atoms with E-state index in [1.807, 2.05) is 6.92 Å². The van der Waals surface area contributed by atoms with E-state index in [-0.39, 0.29) is 11.0 Å². The number of thiocarbonyl (C=S) groups is 1. The predicted molar refractivity (Wildman–Crippen MR) is 93.7 cm³/mol. The minimum absolute atomic E-state index is 0.177. The average Bonchev–Trinajstić information content (AvgIpc) is 2.94. The summed E-state index contributed by atoms with van der Waals surface area (Å²) in [7, 11) is 1.56. The molecule has 0 spiro atoms. The summed E-state index contributed by atoms with van der Waals surface area (Å²) in [5.74, 6) is 0.333. The van der Waals surface area contributed by atoms with Crippen LogP contribution in [0.1, 0.15) is 22.3 Å². The Balaban J connectivity index is 1.98. The van der Waals surface area contributed by atoms with Gasteiger partial charge in [0.1, 0.15) is 10.8 Å². The topological polar surface area (TPSA) is 76.1 Å². The molecule has 1 aromatic carbocycles. The first-order valence-electron chi connectivity index (χ1n) is 6.31. The Kier molecular flexibility index (Phi) is 5.81. The lowest BCUT2D eigenvalue weighted by atomic mass is 10.2. The fourth-order valence-electron chi connectivity index (χ4n) is 1.56. The average molecular weight is 401 g/mol. The minimum Gasteiger partial charge on any atom is -0.496 e. The molecule has 0 aliphatic heterocycles. The molecular weight excluding hydrogens is 388 g/mol. The van der Waals surface area contributed by atoms with Crippen LogP contribution in [0.4, 0.5) is 5.13 Å². The van der Waals surface area contributed by atoms with Crippen LogP contribution in [0.15, 0.2) is 22.7 Å². The maximum absolute atomic E-state index is 12.1. The number of nitrogens with zero attached hydrogens (tertiary/aromatic N) is 2. The van der Waals surface area contributed by atoms with Gasteiger partial charge in [-0.3, -0.25) is 10.1 Å². The van der Waals surface area contributed by atoms with Crippen molar-refractivity contribution in [2.45, 2.75) is 13.3 Å². The monoisotopic (exact) mass is 400 g/mol. The van der Waals surface area contributed by atoms with Crippen LogP contribution in [0.5, 0.6) is 5.75 Å². The third-order valence-electron chi connectivity index (χ3n) is 2.63. The largest absolute Gasteiger partial charge is 0.496 e. The van der Waals surface area contributed by atoms with Crippen LogP contribution in [0.3, 0.4) is 0 Å². The number of aryl methyl sites for hydroxylation is 1. The smallest absolute Gasteiger partial charge is 0.257 e. The molecule has 2 rings (SSSR count). The number of halogens is 1. The van der Waals surface area contributed by atoms with Gasteiger partial charge < -0.3 is 10.1 Å². The fraction of sp³-hybridized carbons (Fsp3) is 0.231. The van der Waals surface area contributed by atoms with Gasteiger partial charge in [-0.05, 0) is 52.8 Å². The van der Waals surface area contributed by atoms with Gasteiger partial charge in [0.2, 0.25) is 5.13 Å². The van der Waals surface area contributed by atoms with Crippen LogP contribution >= 0.6 is 39.5 Å². The molecule has 1 heterocycles. The first kappa shape index (κ1) is 16.8. The number of anilines is 1. The Labute approximate surface area is 145 Å². The number of benzene rings is 1. The van der Waals surface area contributed by atoms with Gasteiger partial charge in [0.25, 0.3) is 5.91 Å². The second-order valence-electron chi connectivity index (χ2n) is 4.11. The van der Waals surface area contributed by atoms with E-state index in [4.69, 9.17) is 17.0 Å². The molecule has 6 nitrogen and oxygen atoms in total. The van der Waals surface area contributed by atoms with Gasteiger partial charge in [0.05, 0.1) is 11.6 Å². The van der Waals surface area contributed by atoms with Crippen molar-refractivity contribution in [1.82, 2.24) is 15.5 Å². The van der Waals surface area contributed by atoms with E-state index in [2.05, 4.69) is 36.8 Å². The molecule has 0 saturated carbocycles. The zero-order chi connectivity index (χ0) is 16.1. The SMILES string of the molecule is CCc1nnc(NC(=S)NC(=O)c2ccc(OC)c(Br)c2)s1. The van der Waals surface area contributed by atoms with Crippen molar-refractivity contribution >= 4 is 55.6 Å². The quantitative estimate of drug-likeness (QED) is 0.768. The third kappa shape index (κ3) is 4.21. The standard InChI is InChI=1S/C13H13BrN4O2S2/c1-3-10-17-18-13(22-10)16-12(21)15-11(19)7-4-5-9(20-2)8(14)6-7/h4-6H,3H2,1-2H3,(H2,15,16,18,19,21). The predicted octanol–water partition coefficient (Wildman–Crippen LogP) is 3.00. The van der Waals surface area contributed by atoms with Crippen LogP contribution in [-0.2, 0) is 6.42 Å². The second-order valence-corrected chi connectivity index (χ2v) is 6.44. The van der Waals surface area contributed by atoms with E-state index in [9.17, 15) is 4.79 Å². The molecule has 0 saturated heterocycles. The van der Waals surface area contributed by atoms with Crippen molar-refractivity contribution in [2.24, 2.45) is 0 Å². The van der Waals surface area contributed by atoms with Crippen LogP contribution in [-0.4, -0.2) is 28.3 Å². The molecule has 0 unspecified atom stereocenters. The van der Waals surface area contributed by atoms with Crippen LogP contribution in [0.25, 0.3) is 0 Å². The summed E-state index contributed by atoms with van der Waals surface area (Å²) < 4.78 is 5.81. The molecule has 1 amide bonds. The number of aromatic nitrogens is 2. The third-order valence-corrected chi connectivity index (χ3v) is 4.44. The first-order chi connectivity index (χ1) is 10.5. The Morgan fingerprint density at radius 1 is 1.45 bits per heavy atom. The number of rotatable bonds is 4. The molecule has 2 aromatic rings. The summed E-state index contributed by atoms with van der Waals surface area (Å²) in [6.07, 6.45) is 0.804. The summed E-state index contributed by atoms with van der Waals surface area (Å²) in [6.45, 7) is 1.99. The molecule has 116 valence electrons. The first-order valence-corrected chi connectivity index (χ1v) is 8.33. The summed E-state index contributed by atoms with van der Waals surface area (Å²) in [4.78, 5) is 12.1. The van der Waals surface area contributed by atoms with Crippen molar-refractivity contribution in [3.63, 3.8) is 0 Å². The highest BCUT2D eigenvalue weighted by Gasteiger charge is 2.11. The van der Waals surface area contributed by atoms with Gasteiger partial charge in [-0.25, -0.2) is 0 Å². The van der Waals surface area contributed by atoms with Crippen molar-refractivity contribution < 1.29 is 9.53 Å². The molecule has 0 fully saturated rings. The molecule has 0 bridgehead atoms. The highest BCUT2D eigenvalue weighted by molar-refractivity contribution is 9.10. The summed E-state index contributed by atoms with van der Waals surface area (Å²) in [5.41, 5.74) is 0.461. The lowest BCUT2D eigenvalue weighted by molar-refractivity contribution is 0.0977. The molecule has 1 aromatic heterocycles. The van der Waals surface area contributed by atoms with E-state index in [1.54, 1.807) is 25.3 Å². The van der Waals surface area contributed by atoms with Gasteiger partial charge >= 0.3 is 0 Å². The molecule has 0 aliphatic carbocycles. The van der Waals surface area contributed by atoms with Gasteiger partial charge in [-0.1, -0.05) is 18.3 Å². The van der Waals surface area contributed by atoms with Crippen molar-refractivity contribution in [2.75, 3.05) is 12.4 Å². The Hall–Kier alpha value is -1.58. The Morgan fingerprint density at radius 3 is 2.82 bits per heavy atom.